The van der Waals surface area contributed by atoms with Crippen molar-refractivity contribution in [2.75, 3.05) is 9.80 Å². The van der Waals surface area contributed by atoms with Crippen LogP contribution in [0, 0.1) is 0 Å². The molecule has 0 aliphatic heterocycles. The smallest absolute Gasteiger partial charge is 0.163 e. The van der Waals surface area contributed by atoms with E-state index in [9.17, 15) is 0 Å². The molecule has 4 nitrogen and oxygen atoms in total. The van der Waals surface area contributed by atoms with Crippen LogP contribution in [0.2, 0.25) is 0 Å². The largest absolute Gasteiger partial charge is 0.454 e. The monoisotopic (exact) mass is 721 g/mol. The lowest BCUT2D eigenvalue weighted by Crippen LogP contribution is -2.10. The maximum atomic E-state index is 7.07. The van der Waals surface area contributed by atoms with Gasteiger partial charge < -0.3 is 18.6 Å². The van der Waals surface area contributed by atoms with Crippen LogP contribution in [0.3, 0.4) is 0 Å². The first-order valence-corrected chi connectivity index (χ1v) is 19.4. The summed E-state index contributed by atoms with van der Waals surface area (Å²) in [5.41, 5.74) is 13.0. The lowest BCUT2D eigenvalue weighted by molar-refractivity contribution is 0.590. The van der Waals surface area contributed by atoms with E-state index >= 15 is 0 Å². The number of aromatic nitrogens is 1. The molecule has 268 valence electrons. The minimum atomic E-state index is -0.0320. The molecule has 3 heterocycles. The first-order valence-electron chi connectivity index (χ1n) is 19.4. The number of hydrogen-bond acceptors (Lipinski definition) is 3. The molecule has 0 saturated carbocycles. The maximum Gasteiger partial charge on any atom is 0.163 e. The normalized spacial score (nSPS) is 12.2. The Morgan fingerprint density at radius 3 is 1.50 bits per heavy atom. The quantitative estimate of drug-likeness (QED) is 0.171. The van der Waals surface area contributed by atoms with Crippen LogP contribution in [0.4, 0.5) is 34.1 Å². The topological polar surface area (TPSA) is 24.0 Å². The van der Waals surface area contributed by atoms with Crippen molar-refractivity contribution in [3.63, 3.8) is 0 Å². The van der Waals surface area contributed by atoms with Crippen LogP contribution in [0.25, 0.3) is 60.0 Å². The standard InChI is InChI=1S/C52H39N3O/c1-52(2,3)34-28-31-46-42(32-34)50-51(56-46)48-43(53(35-18-8-4-9-19-35)36-20-10-5-11-21-36)30-29-41-47-40-27-17-16-26-39(40)44(33-45(47)55(50)49(41)48)54(37-22-12-6-13-23-37)38-24-14-7-15-25-38/h4-33H,1-3H3. The predicted octanol–water partition coefficient (Wildman–Crippen LogP) is 15.0. The molecule has 0 saturated heterocycles. The van der Waals surface area contributed by atoms with Crippen molar-refractivity contribution in [2.45, 2.75) is 26.2 Å². The Labute approximate surface area is 325 Å². The van der Waals surface area contributed by atoms with E-state index in [-0.39, 0.29) is 5.41 Å². The number of para-hydroxylation sites is 4. The molecule has 0 bridgehead atoms. The van der Waals surface area contributed by atoms with Gasteiger partial charge >= 0.3 is 0 Å². The fourth-order valence-corrected chi connectivity index (χ4v) is 8.87. The van der Waals surface area contributed by atoms with Crippen molar-refractivity contribution in [3.05, 3.63) is 188 Å². The average molecular weight is 722 g/mol. The van der Waals surface area contributed by atoms with Crippen molar-refractivity contribution in [1.29, 1.82) is 0 Å². The van der Waals surface area contributed by atoms with Gasteiger partial charge in [0.2, 0.25) is 0 Å². The number of benzene rings is 8. The Balaban J connectivity index is 1.34. The van der Waals surface area contributed by atoms with E-state index in [1.54, 1.807) is 0 Å². The van der Waals surface area contributed by atoms with Gasteiger partial charge in [0.25, 0.3) is 0 Å². The van der Waals surface area contributed by atoms with Crippen molar-refractivity contribution in [2.24, 2.45) is 0 Å². The van der Waals surface area contributed by atoms with Crippen molar-refractivity contribution >= 4 is 94.2 Å². The molecular weight excluding hydrogens is 683 g/mol. The third kappa shape index (κ3) is 4.79. The molecule has 0 aliphatic carbocycles. The molecule has 11 rings (SSSR count). The van der Waals surface area contributed by atoms with E-state index < -0.39 is 0 Å². The van der Waals surface area contributed by atoms with E-state index in [2.05, 4.69) is 217 Å². The maximum absolute atomic E-state index is 7.07. The van der Waals surface area contributed by atoms with Gasteiger partial charge in [-0.15, -0.1) is 0 Å². The Hall–Kier alpha value is -7.04. The van der Waals surface area contributed by atoms with Crippen LogP contribution in [0.1, 0.15) is 26.3 Å². The summed E-state index contributed by atoms with van der Waals surface area (Å²) in [6, 6.07) is 65.4. The van der Waals surface area contributed by atoms with Gasteiger partial charge in [0, 0.05) is 44.3 Å². The number of nitrogens with zero attached hydrogens (tertiary/aromatic N) is 3. The van der Waals surface area contributed by atoms with E-state index in [0.29, 0.717) is 0 Å². The van der Waals surface area contributed by atoms with Crippen LogP contribution in [0.5, 0.6) is 0 Å². The zero-order valence-electron chi connectivity index (χ0n) is 31.6. The van der Waals surface area contributed by atoms with Gasteiger partial charge in [0.1, 0.15) is 11.1 Å². The fourth-order valence-electron chi connectivity index (χ4n) is 8.87. The van der Waals surface area contributed by atoms with Crippen molar-refractivity contribution in [1.82, 2.24) is 4.40 Å². The highest BCUT2D eigenvalue weighted by Gasteiger charge is 2.30. The van der Waals surface area contributed by atoms with Crippen LogP contribution >= 0.6 is 0 Å². The Kier molecular flexibility index (Phi) is 7.08. The summed E-state index contributed by atoms with van der Waals surface area (Å²) in [6.45, 7) is 6.84. The van der Waals surface area contributed by atoms with E-state index in [1.165, 1.54) is 32.6 Å². The summed E-state index contributed by atoms with van der Waals surface area (Å²) < 4.78 is 9.58. The first kappa shape index (κ1) is 32.4. The Morgan fingerprint density at radius 1 is 0.429 bits per heavy atom. The summed E-state index contributed by atoms with van der Waals surface area (Å²) in [5.74, 6) is 0. The Morgan fingerprint density at radius 2 is 0.946 bits per heavy atom. The lowest BCUT2D eigenvalue weighted by atomic mass is 9.86. The summed E-state index contributed by atoms with van der Waals surface area (Å²) in [5, 5.41) is 7.08. The fraction of sp³-hybridized carbons (Fsp3) is 0.0769. The summed E-state index contributed by atoms with van der Waals surface area (Å²) in [7, 11) is 0. The highest BCUT2D eigenvalue weighted by atomic mass is 16.3. The van der Waals surface area contributed by atoms with E-state index in [0.717, 1.165) is 67.1 Å². The molecule has 0 spiro atoms. The second-order valence-electron chi connectivity index (χ2n) is 15.8. The zero-order chi connectivity index (χ0) is 37.5. The predicted molar refractivity (Wildman–Crippen MR) is 236 cm³/mol. The van der Waals surface area contributed by atoms with Gasteiger partial charge in [-0.3, -0.25) is 0 Å². The molecule has 11 aromatic rings. The molecule has 0 amide bonds. The molecule has 0 N–H and O–H groups in total. The van der Waals surface area contributed by atoms with Gasteiger partial charge in [0.15, 0.2) is 5.58 Å². The van der Waals surface area contributed by atoms with Gasteiger partial charge in [0.05, 0.1) is 27.8 Å². The van der Waals surface area contributed by atoms with Crippen LogP contribution in [-0.4, -0.2) is 4.40 Å². The minimum absolute atomic E-state index is 0.0320. The van der Waals surface area contributed by atoms with Crippen LogP contribution in [0.15, 0.2) is 186 Å². The molecule has 4 heteroatoms. The molecule has 0 radical (unpaired) electrons. The highest BCUT2D eigenvalue weighted by Crippen LogP contribution is 2.52. The van der Waals surface area contributed by atoms with Gasteiger partial charge in [-0.05, 0) is 89.2 Å². The minimum Gasteiger partial charge on any atom is -0.454 e. The molecule has 56 heavy (non-hydrogen) atoms. The number of furan rings is 1. The second-order valence-corrected chi connectivity index (χ2v) is 15.8. The Bertz CT molecular complexity index is 3130. The van der Waals surface area contributed by atoms with Crippen LogP contribution < -0.4 is 9.80 Å². The lowest BCUT2D eigenvalue weighted by Gasteiger charge is -2.27. The second kappa shape index (κ2) is 12.2. The van der Waals surface area contributed by atoms with Gasteiger partial charge in [-0.2, -0.15) is 0 Å². The van der Waals surface area contributed by atoms with Gasteiger partial charge in [-0.25, -0.2) is 0 Å². The molecule has 0 atom stereocenters. The summed E-state index contributed by atoms with van der Waals surface area (Å²) >= 11 is 0. The van der Waals surface area contributed by atoms with Gasteiger partial charge in [-0.1, -0.05) is 130 Å². The highest BCUT2D eigenvalue weighted by molar-refractivity contribution is 6.34. The van der Waals surface area contributed by atoms with E-state index in [4.69, 9.17) is 4.42 Å². The molecule has 0 aliphatic rings. The molecule has 8 aromatic carbocycles. The van der Waals surface area contributed by atoms with Crippen molar-refractivity contribution < 1.29 is 4.42 Å². The number of rotatable bonds is 6. The molecule has 0 fully saturated rings. The number of hydrogen-bond donors (Lipinski definition) is 0. The third-order valence-electron chi connectivity index (χ3n) is 11.4. The number of anilines is 6. The summed E-state index contributed by atoms with van der Waals surface area (Å²) in [6.07, 6.45) is 0. The molecular formula is C52H39N3O. The molecule has 0 unspecified atom stereocenters. The average Bonchev–Trinajstić information content (AvgIpc) is 3.88. The molecule has 3 aromatic heterocycles. The third-order valence-corrected chi connectivity index (χ3v) is 11.4. The number of fused-ring (bicyclic) bond motifs is 10. The first-order chi connectivity index (χ1) is 27.5. The van der Waals surface area contributed by atoms with E-state index in [1.807, 2.05) is 0 Å². The SMILES string of the molecule is CC(C)(C)c1ccc2oc3c4c(N(c5ccccc5)c5ccccc5)ccc5c6c7ccccc7c(N(c7ccccc7)c7ccccc7)cc6n(c3c2c1)c54. The van der Waals surface area contributed by atoms with Crippen molar-refractivity contribution in [3.8, 4) is 0 Å². The zero-order valence-corrected chi connectivity index (χ0v) is 31.6. The summed E-state index contributed by atoms with van der Waals surface area (Å²) in [4.78, 5) is 4.77. The van der Waals surface area contributed by atoms with Crippen LogP contribution in [-0.2, 0) is 5.41 Å².